The molecule has 1 aliphatic carbocycles. The number of urea groups is 1. The zero-order valence-corrected chi connectivity index (χ0v) is 12.6. The average molecular weight is 287 g/mol. The number of benzene rings is 1. The number of amides is 2. The molecule has 2 N–H and O–H groups in total. The summed E-state index contributed by atoms with van der Waals surface area (Å²) in [5.74, 6) is 0. The monoisotopic (exact) mass is 287 g/mol. The zero-order valence-electron chi connectivity index (χ0n) is 12.6. The topological polar surface area (TPSA) is 44.4 Å². The molecule has 0 atom stereocenters. The van der Waals surface area contributed by atoms with Crippen LogP contribution in [0.2, 0.25) is 0 Å². The van der Waals surface area contributed by atoms with Crippen molar-refractivity contribution in [1.82, 2.24) is 5.32 Å². The van der Waals surface area contributed by atoms with Crippen LogP contribution in [0.4, 0.5) is 16.2 Å². The molecule has 0 bridgehead atoms. The summed E-state index contributed by atoms with van der Waals surface area (Å²) >= 11 is 0. The highest BCUT2D eigenvalue weighted by Crippen LogP contribution is 2.22. The van der Waals surface area contributed by atoms with E-state index in [-0.39, 0.29) is 6.03 Å². The second kappa shape index (κ2) is 6.83. The number of carbonyl (C=O) groups is 1. The van der Waals surface area contributed by atoms with Gasteiger partial charge in [0, 0.05) is 30.5 Å². The Kier molecular flexibility index (Phi) is 4.63. The first-order chi connectivity index (χ1) is 10.3. The van der Waals surface area contributed by atoms with Gasteiger partial charge in [-0.25, -0.2) is 4.79 Å². The van der Waals surface area contributed by atoms with Crippen LogP contribution in [0.5, 0.6) is 0 Å². The van der Waals surface area contributed by atoms with Gasteiger partial charge in [-0.2, -0.15) is 0 Å². The van der Waals surface area contributed by atoms with Crippen molar-refractivity contribution in [2.24, 2.45) is 0 Å². The lowest BCUT2D eigenvalue weighted by atomic mass is 10.1. The molecule has 1 aromatic rings. The largest absolute Gasteiger partial charge is 0.372 e. The molecule has 0 aromatic heterocycles. The van der Waals surface area contributed by atoms with Crippen LogP contribution in [-0.4, -0.2) is 25.2 Å². The number of rotatable bonds is 3. The Morgan fingerprint density at radius 3 is 2.29 bits per heavy atom. The van der Waals surface area contributed by atoms with E-state index in [0.29, 0.717) is 6.04 Å². The molecule has 1 aliphatic heterocycles. The lowest BCUT2D eigenvalue weighted by Crippen LogP contribution is -2.36. The lowest BCUT2D eigenvalue weighted by molar-refractivity contribution is 0.248. The average Bonchev–Trinajstić information content (AvgIpc) is 3.02. The quantitative estimate of drug-likeness (QED) is 0.889. The van der Waals surface area contributed by atoms with Crippen LogP contribution in [0.3, 0.4) is 0 Å². The van der Waals surface area contributed by atoms with Gasteiger partial charge < -0.3 is 15.5 Å². The third kappa shape index (κ3) is 3.90. The van der Waals surface area contributed by atoms with Crippen molar-refractivity contribution < 1.29 is 4.79 Å². The molecule has 0 radical (unpaired) electrons. The third-order valence-electron chi connectivity index (χ3n) is 4.54. The molecule has 21 heavy (non-hydrogen) atoms. The number of piperidine rings is 1. The molecule has 1 saturated heterocycles. The van der Waals surface area contributed by atoms with Gasteiger partial charge in [0.1, 0.15) is 0 Å². The molecule has 1 saturated carbocycles. The highest BCUT2D eigenvalue weighted by Gasteiger charge is 2.17. The van der Waals surface area contributed by atoms with E-state index in [9.17, 15) is 4.79 Å². The highest BCUT2D eigenvalue weighted by molar-refractivity contribution is 5.89. The number of nitrogens with zero attached hydrogens (tertiary/aromatic N) is 1. The molecule has 2 amide bonds. The number of carbonyl (C=O) groups excluding carboxylic acids is 1. The Labute approximate surface area is 126 Å². The van der Waals surface area contributed by atoms with E-state index in [2.05, 4.69) is 27.7 Å². The van der Waals surface area contributed by atoms with Crippen LogP contribution >= 0.6 is 0 Å². The molecule has 2 fully saturated rings. The first-order valence-electron chi connectivity index (χ1n) is 8.24. The first-order valence-corrected chi connectivity index (χ1v) is 8.24. The summed E-state index contributed by atoms with van der Waals surface area (Å²) in [6.45, 7) is 2.30. The second-order valence-corrected chi connectivity index (χ2v) is 6.17. The fraction of sp³-hybridized carbons (Fsp3) is 0.588. The zero-order chi connectivity index (χ0) is 14.5. The maximum absolute atomic E-state index is 11.9. The summed E-state index contributed by atoms with van der Waals surface area (Å²) < 4.78 is 0. The molecule has 2 aliphatic rings. The summed E-state index contributed by atoms with van der Waals surface area (Å²) in [7, 11) is 0. The van der Waals surface area contributed by atoms with Crippen molar-refractivity contribution in [3.63, 3.8) is 0 Å². The van der Waals surface area contributed by atoms with E-state index >= 15 is 0 Å². The van der Waals surface area contributed by atoms with E-state index < -0.39 is 0 Å². The number of nitrogens with one attached hydrogen (secondary N) is 2. The van der Waals surface area contributed by atoms with Crippen LogP contribution in [0, 0.1) is 0 Å². The van der Waals surface area contributed by atoms with Gasteiger partial charge in [0.25, 0.3) is 0 Å². The summed E-state index contributed by atoms with van der Waals surface area (Å²) in [6.07, 6.45) is 8.60. The number of hydrogen-bond acceptors (Lipinski definition) is 2. The minimum absolute atomic E-state index is 0.0763. The normalized spacial score (nSPS) is 19.5. The smallest absolute Gasteiger partial charge is 0.319 e. The SMILES string of the molecule is O=C(Nc1ccc(N2CCCCC2)cc1)NC1CCCC1. The molecule has 1 heterocycles. The van der Waals surface area contributed by atoms with Gasteiger partial charge in [-0.15, -0.1) is 0 Å². The van der Waals surface area contributed by atoms with Gasteiger partial charge >= 0.3 is 6.03 Å². The van der Waals surface area contributed by atoms with Crippen molar-refractivity contribution in [2.75, 3.05) is 23.3 Å². The summed E-state index contributed by atoms with van der Waals surface area (Å²) in [4.78, 5) is 14.3. The molecule has 4 nitrogen and oxygen atoms in total. The van der Waals surface area contributed by atoms with Crippen molar-refractivity contribution in [3.8, 4) is 0 Å². The molecule has 114 valence electrons. The maximum atomic E-state index is 11.9. The molecule has 3 rings (SSSR count). The number of anilines is 2. The Morgan fingerprint density at radius 2 is 1.62 bits per heavy atom. The van der Waals surface area contributed by atoms with Gasteiger partial charge in [0.2, 0.25) is 0 Å². The first kappa shape index (κ1) is 14.2. The molecule has 0 unspecified atom stereocenters. The van der Waals surface area contributed by atoms with E-state index in [1.807, 2.05) is 12.1 Å². The van der Waals surface area contributed by atoms with Gasteiger partial charge in [0.05, 0.1) is 0 Å². The van der Waals surface area contributed by atoms with Gasteiger partial charge in [-0.3, -0.25) is 0 Å². The van der Waals surface area contributed by atoms with Gasteiger partial charge in [-0.1, -0.05) is 12.8 Å². The van der Waals surface area contributed by atoms with E-state index in [1.165, 1.54) is 37.8 Å². The van der Waals surface area contributed by atoms with Crippen molar-refractivity contribution >= 4 is 17.4 Å². The van der Waals surface area contributed by atoms with Crippen LogP contribution in [0.1, 0.15) is 44.9 Å². The fourth-order valence-corrected chi connectivity index (χ4v) is 3.33. The molecule has 0 spiro atoms. The van der Waals surface area contributed by atoms with Crippen LogP contribution in [-0.2, 0) is 0 Å². The molecule has 1 aromatic carbocycles. The van der Waals surface area contributed by atoms with Crippen LogP contribution in [0.25, 0.3) is 0 Å². The Morgan fingerprint density at radius 1 is 0.952 bits per heavy atom. The van der Waals surface area contributed by atoms with Crippen molar-refractivity contribution in [3.05, 3.63) is 24.3 Å². The maximum Gasteiger partial charge on any atom is 0.319 e. The van der Waals surface area contributed by atoms with Crippen molar-refractivity contribution in [1.29, 1.82) is 0 Å². The van der Waals surface area contributed by atoms with Gasteiger partial charge in [0.15, 0.2) is 0 Å². The minimum Gasteiger partial charge on any atom is -0.372 e. The predicted molar refractivity (Wildman–Crippen MR) is 86.9 cm³/mol. The highest BCUT2D eigenvalue weighted by atomic mass is 16.2. The summed E-state index contributed by atoms with van der Waals surface area (Å²) in [5.41, 5.74) is 2.13. The van der Waals surface area contributed by atoms with Crippen LogP contribution in [0.15, 0.2) is 24.3 Å². The third-order valence-corrected chi connectivity index (χ3v) is 4.54. The standard InChI is InChI=1S/C17H25N3O/c21-17(18-14-6-2-3-7-14)19-15-8-10-16(11-9-15)20-12-4-1-5-13-20/h8-11,14H,1-7,12-13H2,(H2,18,19,21). The molecular formula is C17H25N3O. The fourth-order valence-electron chi connectivity index (χ4n) is 3.33. The summed E-state index contributed by atoms with van der Waals surface area (Å²) in [6, 6.07) is 8.49. The Balaban J connectivity index is 1.52. The van der Waals surface area contributed by atoms with Crippen LogP contribution < -0.4 is 15.5 Å². The molecule has 4 heteroatoms. The van der Waals surface area contributed by atoms with E-state index in [4.69, 9.17) is 0 Å². The van der Waals surface area contributed by atoms with E-state index in [1.54, 1.807) is 0 Å². The van der Waals surface area contributed by atoms with E-state index in [0.717, 1.165) is 31.6 Å². The Hall–Kier alpha value is -1.71. The second-order valence-electron chi connectivity index (χ2n) is 6.17. The lowest BCUT2D eigenvalue weighted by Gasteiger charge is -2.28. The Bertz CT molecular complexity index is 459. The summed E-state index contributed by atoms with van der Waals surface area (Å²) in [5, 5.41) is 5.98. The molecular weight excluding hydrogens is 262 g/mol. The predicted octanol–water partition coefficient (Wildman–Crippen LogP) is 3.74. The number of hydrogen-bond donors (Lipinski definition) is 2. The van der Waals surface area contributed by atoms with Gasteiger partial charge in [-0.05, 0) is 56.4 Å². The minimum atomic E-state index is -0.0763. The van der Waals surface area contributed by atoms with Crippen molar-refractivity contribution in [2.45, 2.75) is 51.0 Å².